The molecule has 1 atom stereocenters. The van der Waals surface area contributed by atoms with Crippen LogP contribution in [0.15, 0.2) is 41.4 Å². The standard InChI is InChI=1S/C18H20N4O2/c1-12(2)9-15(22-7-6-19-11-22)18-20-17(21-24-18)14-3-4-16-13(10-14)5-8-23-16/h3-4,6-7,10-12,15H,5,8-9H2,1-2H3. The van der Waals surface area contributed by atoms with Crippen molar-refractivity contribution in [1.82, 2.24) is 19.7 Å². The van der Waals surface area contributed by atoms with Gasteiger partial charge in [-0.05, 0) is 36.1 Å². The van der Waals surface area contributed by atoms with Gasteiger partial charge in [0.1, 0.15) is 11.8 Å². The molecule has 0 radical (unpaired) electrons. The molecule has 1 aliphatic rings. The van der Waals surface area contributed by atoms with Crippen LogP contribution in [0.3, 0.4) is 0 Å². The third kappa shape index (κ3) is 2.79. The van der Waals surface area contributed by atoms with Crippen molar-refractivity contribution in [3.8, 4) is 17.1 Å². The number of aromatic nitrogens is 4. The van der Waals surface area contributed by atoms with Crippen molar-refractivity contribution in [3.05, 3.63) is 48.4 Å². The van der Waals surface area contributed by atoms with Crippen LogP contribution in [0.2, 0.25) is 0 Å². The van der Waals surface area contributed by atoms with Gasteiger partial charge in [-0.15, -0.1) is 0 Å². The summed E-state index contributed by atoms with van der Waals surface area (Å²) in [5, 5.41) is 4.19. The first kappa shape index (κ1) is 14.9. The van der Waals surface area contributed by atoms with Gasteiger partial charge in [0.15, 0.2) is 0 Å². The number of ether oxygens (including phenoxy) is 1. The monoisotopic (exact) mass is 324 g/mol. The summed E-state index contributed by atoms with van der Waals surface area (Å²) >= 11 is 0. The third-order valence-corrected chi connectivity index (χ3v) is 4.25. The summed E-state index contributed by atoms with van der Waals surface area (Å²) in [7, 11) is 0. The molecule has 0 saturated carbocycles. The summed E-state index contributed by atoms with van der Waals surface area (Å²) in [5.41, 5.74) is 2.16. The van der Waals surface area contributed by atoms with Crippen molar-refractivity contribution in [2.45, 2.75) is 32.7 Å². The Hall–Kier alpha value is -2.63. The molecular weight excluding hydrogens is 304 g/mol. The quantitative estimate of drug-likeness (QED) is 0.718. The molecule has 6 nitrogen and oxygen atoms in total. The van der Waals surface area contributed by atoms with Gasteiger partial charge in [-0.2, -0.15) is 4.98 Å². The summed E-state index contributed by atoms with van der Waals surface area (Å²) in [6.45, 7) is 5.11. The topological polar surface area (TPSA) is 66.0 Å². The van der Waals surface area contributed by atoms with Crippen molar-refractivity contribution in [3.63, 3.8) is 0 Å². The minimum Gasteiger partial charge on any atom is -0.493 e. The zero-order valence-electron chi connectivity index (χ0n) is 13.8. The van der Waals surface area contributed by atoms with Gasteiger partial charge in [0.25, 0.3) is 0 Å². The van der Waals surface area contributed by atoms with Crippen molar-refractivity contribution < 1.29 is 9.26 Å². The van der Waals surface area contributed by atoms with Gasteiger partial charge in [0.2, 0.25) is 11.7 Å². The molecule has 3 heterocycles. The molecule has 1 aromatic carbocycles. The van der Waals surface area contributed by atoms with Crippen LogP contribution in [0.1, 0.15) is 37.8 Å². The average molecular weight is 324 g/mol. The fraction of sp³-hybridized carbons (Fsp3) is 0.389. The van der Waals surface area contributed by atoms with Gasteiger partial charge >= 0.3 is 0 Å². The Labute approximate surface area is 140 Å². The van der Waals surface area contributed by atoms with Crippen LogP contribution in [0.25, 0.3) is 11.4 Å². The Morgan fingerprint density at radius 2 is 2.21 bits per heavy atom. The molecule has 24 heavy (non-hydrogen) atoms. The molecular formula is C18H20N4O2. The lowest BCUT2D eigenvalue weighted by molar-refractivity contribution is 0.311. The highest BCUT2D eigenvalue weighted by Crippen LogP contribution is 2.31. The molecule has 0 aliphatic carbocycles. The second-order valence-corrected chi connectivity index (χ2v) is 6.53. The van der Waals surface area contributed by atoms with Crippen molar-refractivity contribution in [2.75, 3.05) is 6.61 Å². The van der Waals surface area contributed by atoms with E-state index >= 15 is 0 Å². The van der Waals surface area contributed by atoms with E-state index in [1.165, 1.54) is 5.56 Å². The van der Waals surface area contributed by atoms with E-state index in [2.05, 4.69) is 35.0 Å². The number of hydrogen-bond donors (Lipinski definition) is 0. The zero-order valence-corrected chi connectivity index (χ0v) is 13.8. The number of fused-ring (bicyclic) bond motifs is 1. The Balaban J connectivity index is 1.65. The minimum atomic E-state index is 0.00603. The minimum absolute atomic E-state index is 0.00603. The molecule has 0 saturated heterocycles. The van der Waals surface area contributed by atoms with Gasteiger partial charge in [0, 0.05) is 24.4 Å². The Morgan fingerprint density at radius 1 is 1.29 bits per heavy atom. The van der Waals surface area contributed by atoms with E-state index in [4.69, 9.17) is 9.26 Å². The summed E-state index contributed by atoms with van der Waals surface area (Å²) in [6, 6.07) is 6.06. The molecule has 1 aliphatic heterocycles. The highest BCUT2D eigenvalue weighted by atomic mass is 16.5. The first-order valence-electron chi connectivity index (χ1n) is 8.28. The van der Waals surface area contributed by atoms with E-state index in [1.807, 2.05) is 22.9 Å². The van der Waals surface area contributed by atoms with Gasteiger partial charge in [-0.25, -0.2) is 4.98 Å². The molecule has 0 spiro atoms. The van der Waals surface area contributed by atoms with Crippen molar-refractivity contribution in [2.24, 2.45) is 5.92 Å². The second-order valence-electron chi connectivity index (χ2n) is 6.53. The molecule has 4 rings (SSSR count). The number of nitrogens with zero attached hydrogens (tertiary/aromatic N) is 4. The Kier molecular flexibility index (Phi) is 3.80. The lowest BCUT2D eigenvalue weighted by Gasteiger charge is -2.16. The van der Waals surface area contributed by atoms with Crippen LogP contribution in [0.5, 0.6) is 5.75 Å². The van der Waals surface area contributed by atoms with E-state index in [9.17, 15) is 0 Å². The summed E-state index contributed by atoms with van der Waals surface area (Å²) in [4.78, 5) is 8.79. The van der Waals surface area contributed by atoms with E-state index in [0.717, 1.165) is 30.8 Å². The van der Waals surface area contributed by atoms with Gasteiger partial charge in [-0.3, -0.25) is 0 Å². The summed E-state index contributed by atoms with van der Waals surface area (Å²) in [5.74, 6) is 2.70. The number of hydrogen-bond acceptors (Lipinski definition) is 5. The maximum atomic E-state index is 5.58. The summed E-state index contributed by atoms with van der Waals surface area (Å²) < 4.78 is 13.2. The maximum absolute atomic E-state index is 5.58. The smallest absolute Gasteiger partial charge is 0.250 e. The maximum Gasteiger partial charge on any atom is 0.250 e. The molecule has 1 unspecified atom stereocenters. The van der Waals surface area contributed by atoms with Crippen LogP contribution >= 0.6 is 0 Å². The van der Waals surface area contributed by atoms with E-state index in [1.54, 1.807) is 12.5 Å². The van der Waals surface area contributed by atoms with Crippen LogP contribution in [-0.2, 0) is 6.42 Å². The first-order chi connectivity index (χ1) is 11.7. The second kappa shape index (κ2) is 6.11. The molecule has 2 aromatic heterocycles. The average Bonchev–Trinajstić information content (AvgIpc) is 3.32. The number of rotatable bonds is 5. The van der Waals surface area contributed by atoms with Gasteiger partial charge in [-0.1, -0.05) is 19.0 Å². The number of benzene rings is 1. The molecule has 0 bridgehead atoms. The molecule has 0 N–H and O–H groups in total. The lowest BCUT2D eigenvalue weighted by Crippen LogP contribution is -2.12. The van der Waals surface area contributed by atoms with Crippen LogP contribution < -0.4 is 4.74 Å². The van der Waals surface area contributed by atoms with Crippen LogP contribution in [0, 0.1) is 5.92 Å². The fourth-order valence-electron chi connectivity index (χ4n) is 3.06. The van der Waals surface area contributed by atoms with E-state index in [0.29, 0.717) is 17.6 Å². The van der Waals surface area contributed by atoms with Crippen molar-refractivity contribution in [1.29, 1.82) is 0 Å². The third-order valence-electron chi connectivity index (χ3n) is 4.25. The highest BCUT2D eigenvalue weighted by Gasteiger charge is 2.23. The highest BCUT2D eigenvalue weighted by molar-refractivity contribution is 5.59. The molecule has 0 amide bonds. The molecule has 0 fully saturated rings. The van der Waals surface area contributed by atoms with Crippen LogP contribution in [0.4, 0.5) is 0 Å². The number of imidazole rings is 1. The van der Waals surface area contributed by atoms with Gasteiger partial charge in [0.05, 0.1) is 12.9 Å². The van der Waals surface area contributed by atoms with E-state index < -0.39 is 0 Å². The normalized spacial score (nSPS) is 14.6. The fourth-order valence-corrected chi connectivity index (χ4v) is 3.06. The predicted octanol–water partition coefficient (Wildman–Crippen LogP) is 3.50. The largest absolute Gasteiger partial charge is 0.493 e. The lowest BCUT2D eigenvalue weighted by atomic mass is 10.0. The Morgan fingerprint density at radius 3 is 3.00 bits per heavy atom. The Bertz CT molecular complexity index is 823. The molecule has 3 aromatic rings. The summed E-state index contributed by atoms with van der Waals surface area (Å²) in [6.07, 6.45) is 7.34. The molecule has 6 heteroatoms. The first-order valence-corrected chi connectivity index (χ1v) is 8.28. The zero-order chi connectivity index (χ0) is 16.5. The van der Waals surface area contributed by atoms with Crippen LogP contribution in [-0.4, -0.2) is 26.3 Å². The van der Waals surface area contributed by atoms with Gasteiger partial charge < -0.3 is 13.8 Å². The predicted molar refractivity (Wildman–Crippen MR) is 88.8 cm³/mol. The van der Waals surface area contributed by atoms with Crippen molar-refractivity contribution >= 4 is 0 Å². The van der Waals surface area contributed by atoms with E-state index in [-0.39, 0.29) is 6.04 Å². The molecule has 124 valence electrons. The SMILES string of the molecule is CC(C)CC(c1nc(-c2ccc3c(c2)CCO3)no1)n1ccnc1.